The van der Waals surface area contributed by atoms with E-state index in [0.29, 0.717) is 0 Å². The molecule has 2 N–H and O–H groups in total. The second-order valence-electron chi connectivity index (χ2n) is 6.21. The van der Waals surface area contributed by atoms with Gasteiger partial charge in [-0.2, -0.15) is 11.3 Å². The molecule has 0 aromatic carbocycles. The number of amides is 2. The predicted octanol–water partition coefficient (Wildman–Crippen LogP) is 3.04. The Hall–Kier alpha value is -1.07. The van der Waals surface area contributed by atoms with Crippen LogP contribution in [0.4, 0.5) is 4.79 Å². The van der Waals surface area contributed by atoms with E-state index >= 15 is 0 Å². The Morgan fingerprint density at radius 2 is 2.10 bits per heavy atom. The van der Waals surface area contributed by atoms with E-state index in [0.717, 1.165) is 32.6 Å². The minimum Gasteiger partial charge on any atom is -0.381 e. The number of hydrogen-bond acceptors (Lipinski definition) is 3. The summed E-state index contributed by atoms with van der Waals surface area (Å²) < 4.78 is 5.32. The summed E-state index contributed by atoms with van der Waals surface area (Å²) in [5.74, 6) is 0. The highest BCUT2D eigenvalue weighted by Crippen LogP contribution is 2.41. The van der Waals surface area contributed by atoms with Crippen molar-refractivity contribution in [2.24, 2.45) is 0 Å². The van der Waals surface area contributed by atoms with E-state index in [1.54, 1.807) is 11.3 Å². The van der Waals surface area contributed by atoms with Gasteiger partial charge in [-0.3, -0.25) is 0 Å². The minimum absolute atomic E-state index is 0.0246. The van der Waals surface area contributed by atoms with Gasteiger partial charge in [0.15, 0.2) is 0 Å². The molecule has 0 spiro atoms. The van der Waals surface area contributed by atoms with Gasteiger partial charge in [-0.25, -0.2) is 4.79 Å². The van der Waals surface area contributed by atoms with E-state index in [9.17, 15) is 4.79 Å². The fourth-order valence-corrected chi connectivity index (χ4v) is 4.29. The third-order valence-electron chi connectivity index (χ3n) is 4.84. The summed E-state index contributed by atoms with van der Waals surface area (Å²) in [6.07, 6.45) is 6.73. The van der Waals surface area contributed by atoms with Gasteiger partial charge in [0, 0.05) is 31.2 Å². The molecule has 2 fully saturated rings. The van der Waals surface area contributed by atoms with Gasteiger partial charge < -0.3 is 15.4 Å². The summed E-state index contributed by atoms with van der Waals surface area (Å²) in [6.45, 7) is 2.26. The Balaban J connectivity index is 1.53. The first-order valence-corrected chi connectivity index (χ1v) is 8.88. The zero-order chi connectivity index (χ0) is 14.5. The summed E-state index contributed by atoms with van der Waals surface area (Å²) in [6, 6.07) is 2.46. The number of rotatable bonds is 4. The Labute approximate surface area is 130 Å². The molecule has 1 aromatic heterocycles. The zero-order valence-electron chi connectivity index (χ0n) is 12.4. The molecule has 1 saturated carbocycles. The third-order valence-corrected chi connectivity index (χ3v) is 5.52. The van der Waals surface area contributed by atoms with Gasteiger partial charge in [-0.05, 0) is 48.1 Å². The average Bonchev–Trinajstić information content (AvgIpc) is 3.18. The van der Waals surface area contributed by atoms with Crippen LogP contribution in [0.15, 0.2) is 16.8 Å². The summed E-state index contributed by atoms with van der Waals surface area (Å²) in [5.41, 5.74) is 1.56. The topological polar surface area (TPSA) is 50.4 Å². The molecule has 5 heteroatoms. The number of nitrogens with one attached hydrogen (secondary N) is 2. The van der Waals surface area contributed by atoms with Crippen LogP contribution in [0.25, 0.3) is 0 Å². The Kier molecular flexibility index (Phi) is 4.80. The number of carbonyl (C=O) groups is 1. The molecule has 1 saturated heterocycles. The summed E-state index contributed by atoms with van der Waals surface area (Å²) >= 11 is 1.75. The smallest absolute Gasteiger partial charge is 0.315 e. The standard InChI is InChI=1S/C16H24N2O2S/c19-15(18-14-3-8-20-9-4-14)17-12-16(6-1-2-7-16)13-5-10-21-11-13/h5,10-11,14H,1-4,6-9,12H2,(H2,17,18,19). The van der Waals surface area contributed by atoms with Crippen molar-refractivity contribution >= 4 is 17.4 Å². The Morgan fingerprint density at radius 1 is 1.33 bits per heavy atom. The van der Waals surface area contributed by atoms with Gasteiger partial charge in [0.1, 0.15) is 0 Å². The highest BCUT2D eigenvalue weighted by molar-refractivity contribution is 7.08. The van der Waals surface area contributed by atoms with Gasteiger partial charge in [0.25, 0.3) is 0 Å². The molecular formula is C16H24N2O2S. The van der Waals surface area contributed by atoms with Crippen molar-refractivity contribution in [2.45, 2.75) is 50.0 Å². The lowest BCUT2D eigenvalue weighted by Crippen LogP contribution is -2.48. The van der Waals surface area contributed by atoms with Crippen LogP contribution in [0.1, 0.15) is 44.1 Å². The van der Waals surface area contributed by atoms with Crippen LogP contribution < -0.4 is 10.6 Å². The molecule has 0 radical (unpaired) electrons. The molecule has 21 heavy (non-hydrogen) atoms. The molecule has 2 aliphatic rings. The van der Waals surface area contributed by atoms with E-state index in [1.807, 2.05) is 0 Å². The maximum Gasteiger partial charge on any atom is 0.315 e. The van der Waals surface area contributed by atoms with Crippen molar-refractivity contribution in [3.05, 3.63) is 22.4 Å². The first kappa shape index (κ1) is 14.9. The van der Waals surface area contributed by atoms with Crippen LogP contribution in [-0.4, -0.2) is 31.8 Å². The van der Waals surface area contributed by atoms with Crippen molar-refractivity contribution in [1.82, 2.24) is 10.6 Å². The molecule has 0 atom stereocenters. The lowest BCUT2D eigenvalue weighted by molar-refractivity contribution is 0.0800. The summed E-state index contributed by atoms with van der Waals surface area (Å²) in [7, 11) is 0. The first-order chi connectivity index (χ1) is 10.3. The van der Waals surface area contributed by atoms with E-state index in [2.05, 4.69) is 27.5 Å². The normalized spacial score (nSPS) is 22.1. The van der Waals surface area contributed by atoms with Crippen molar-refractivity contribution in [1.29, 1.82) is 0 Å². The van der Waals surface area contributed by atoms with Crippen LogP contribution in [-0.2, 0) is 10.2 Å². The summed E-state index contributed by atoms with van der Waals surface area (Å²) in [4.78, 5) is 12.1. The van der Waals surface area contributed by atoms with Crippen LogP contribution in [0.3, 0.4) is 0 Å². The monoisotopic (exact) mass is 308 g/mol. The lowest BCUT2D eigenvalue weighted by atomic mass is 9.80. The van der Waals surface area contributed by atoms with E-state index in [-0.39, 0.29) is 17.5 Å². The average molecular weight is 308 g/mol. The highest BCUT2D eigenvalue weighted by Gasteiger charge is 2.36. The second kappa shape index (κ2) is 6.79. The van der Waals surface area contributed by atoms with Crippen molar-refractivity contribution in [3.63, 3.8) is 0 Å². The fraction of sp³-hybridized carbons (Fsp3) is 0.688. The van der Waals surface area contributed by atoms with Gasteiger partial charge in [-0.1, -0.05) is 12.8 Å². The van der Waals surface area contributed by atoms with Crippen LogP contribution in [0.5, 0.6) is 0 Å². The molecule has 2 amide bonds. The zero-order valence-corrected chi connectivity index (χ0v) is 13.2. The van der Waals surface area contributed by atoms with E-state index in [1.165, 1.54) is 31.2 Å². The van der Waals surface area contributed by atoms with Crippen LogP contribution in [0, 0.1) is 0 Å². The summed E-state index contributed by atoms with van der Waals surface area (Å²) in [5, 5.41) is 10.6. The van der Waals surface area contributed by atoms with E-state index < -0.39 is 0 Å². The second-order valence-corrected chi connectivity index (χ2v) is 6.99. The largest absolute Gasteiger partial charge is 0.381 e. The molecule has 3 rings (SSSR count). The number of thiophene rings is 1. The van der Waals surface area contributed by atoms with Crippen LogP contribution in [0.2, 0.25) is 0 Å². The Morgan fingerprint density at radius 3 is 2.76 bits per heavy atom. The highest BCUT2D eigenvalue weighted by atomic mass is 32.1. The predicted molar refractivity (Wildman–Crippen MR) is 84.8 cm³/mol. The molecule has 1 aliphatic carbocycles. The maximum atomic E-state index is 12.1. The Bertz CT molecular complexity index is 449. The van der Waals surface area contributed by atoms with Gasteiger partial charge in [0.05, 0.1) is 0 Å². The van der Waals surface area contributed by atoms with Crippen molar-refractivity contribution in [2.75, 3.05) is 19.8 Å². The SMILES string of the molecule is O=C(NCC1(c2ccsc2)CCCC1)NC1CCOCC1. The molecule has 116 valence electrons. The molecule has 2 heterocycles. The maximum absolute atomic E-state index is 12.1. The molecular weight excluding hydrogens is 284 g/mol. The lowest BCUT2D eigenvalue weighted by Gasteiger charge is -2.30. The van der Waals surface area contributed by atoms with Gasteiger partial charge in [0.2, 0.25) is 0 Å². The van der Waals surface area contributed by atoms with Crippen LogP contribution >= 0.6 is 11.3 Å². The molecule has 0 bridgehead atoms. The number of ether oxygens (including phenoxy) is 1. The van der Waals surface area contributed by atoms with Crippen molar-refractivity contribution < 1.29 is 9.53 Å². The molecule has 4 nitrogen and oxygen atoms in total. The van der Waals surface area contributed by atoms with Gasteiger partial charge >= 0.3 is 6.03 Å². The number of carbonyl (C=O) groups excluding carboxylic acids is 1. The molecule has 1 aromatic rings. The molecule has 0 unspecified atom stereocenters. The quantitative estimate of drug-likeness (QED) is 0.898. The van der Waals surface area contributed by atoms with Gasteiger partial charge in [-0.15, -0.1) is 0 Å². The number of hydrogen-bond donors (Lipinski definition) is 2. The minimum atomic E-state index is -0.0246. The first-order valence-electron chi connectivity index (χ1n) is 7.93. The number of urea groups is 1. The van der Waals surface area contributed by atoms with Crippen molar-refractivity contribution in [3.8, 4) is 0 Å². The third kappa shape index (κ3) is 3.58. The fourth-order valence-electron chi connectivity index (χ4n) is 3.51. The molecule has 1 aliphatic heterocycles. The van der Waals surface area contributed by atoms with E-state index in [4.69, 9.17) is 4.74 Å².